The second kappa shape index (κ2) is 9.80. The Balaban J connectivity index is 1.74. The number of anilines is 1. The van der Waals surface area contributed by atoms with Crippen LogP contribution in [0.1, 0.15) is 18.1 Å². The molecule has 0 aliphatic carbocycles. The first kappa shape index (κ1) is 20.5. The molecule has 0 spiro atoms. The van der Waals surface area contributed by atoms with Gasteiger partial charge in [-0.25, -0.2) is 0 Å². The lowest BCUT2D eigenvalue weighted by atomic mass is 10.2. The molecule has 0 aliphatic heterocycles. The summed E-state index contributed by atoms with van der Waals surface area (Å²) in [5, 5.41) is 14.5. The van der Waals surface area contributed by atoms with Crippen molar-refractivity contribution in [1.82, 2.24) is 0 Å². The number of rotatable bonds is 9. The normalized spacial score (nSPS) is 10.4. The summed E-state index contributed by atoms with van der Waals surface area (Å²) in [6.07, 6.45) is 0. The van der Waals surface area contributed by atoms with E-state index in [-0.39, 0.29) is 5.69 Å². The second-order valence-electron chi connectivity index (χ2n) is 6.27. The van der Waals surface area contributed by atoms with Crippen molar-refractivity contribution >= 4 is 23.0 Å². The predicted molar refractivity (Wildman–Crippen MR) is 114 cm³/mol. The zero-order valence-electron chi connectivity index (χ0n) is 15.9. The van der Waals surface area contributed by atoms with Crippen molar-refractivity contribution in [3.8, 4) is 11.5 Å². The number of hydrogen-bond donors (Lipinski definition) is 1. The van der Waals surface area contributed by atoms with E-state index in [1.807, 2.05) is 43.3 Å². The van der Waals surface area contributed by atoms with Crippen molar-refractivity contribution in [2.45, 2.75) is 20.1 Å². The molecule has 0 atom stereocenters. The van der Waals surface area contributed by atoms with Gasteiger partial charge in [0.2, 0.25) is 0 Å². The molecule has 3 aromatic rings. The minimum Gasteiger partial charge on any atom is -0.490 e. The molecule has 29 heavy (non-hydrogen) atoms. The summed E-state index contributed by atoms with van der Waals surface area (Å²) in [6.45, 7) is 3.18. The first-order chi connectivity index (χ1) is 14.1. The summed E-state index contributed by atoms with van der Waals surface area (Å²) in [6, 6.07) is 19.8. The van der Waals surface area contributed by atoms with Crippen LogP contribution in [0, 0.1) is 10.1 Å². The molecule has 150 valence electrons. The zero-order chi connectivity index (χ0) is 20.6. The lowest BCUT2D eigenvalue weighted by Crippen LogP contribution is -2.04. The van der Waals surface area contributed by atoms with E-state index in [4.69, 9.17) is 21.1 Å². The van der Waals surface area contributed by atoms with Crippen LogP contribution >= 0.6 is 11.6 Å². The van der Waals surface area contributed by atoms with Crippen molar-refractivity contribution in [3.63, 3.8) is 0 Å². The van der Waals surface area contributed by atoms with Crippen LogP contribution in [0.4, 0.5) is 11.4 Å². The Morgan fingerprint density at radius 2 is 1.79 bits per heavy atom. The molecule has 3 rings (SSSR count). The van der Waals surface area contributed by atoms with Crippen LogP contribution in [-0.4, -0.2) is 11.5 Å². The smallest absolute Gasteiger partial charge is 0.271 e. The summed E-state index contributed by atoms with van der Waals surface area (Å²) in [4.78, 5) is 10.5. The second-order valence-corrected chi connectivity index (χ2v) is 6.68. The maximum Gasteiger partial charge on any atom is 0.271 e. The number of nitro groups is 1. The Labute approximate surface area is 174 Å². The average Bonchev–Trinajstić information content (AvgIpc) is 2.73. The van der Waals surface area contributed by atoms with E-state index < -0.39 is 4.92 Å². The van der Waals surface area contributed by atoms with Gasteiger partial charge in [0.25, 0.3) is 5.69 Å². The van der Waals surface area contributed by atoms with Crippen LogP contribution < -0.4 is 14.8 Å². The molecular weight excluding hydrogens is 392 g/mol. The average molecular weight is 413 g/mol. The lowest BCUT2D eigenvalue weighted by Gasteiger charge is -2.16. The van der Waals surface area contributed by atoms with Crippen molar-refractivity contribution in [2.75, 3.05) is 11.9 Å². The Morgan fingerprint density at radius 3 is 2.52 bits per heavy atom. The molecule has 0 bridgehead atoms. The van der Waals surface area contributed by atoms with E-state index >= 15 is 0 Å². The van der Waals surface area contributed by atoms with E-state index in [9.17, 15) is 10.1 Å². The molecule has 3 aromatic carbocycles. The van der Waals surface area contributed by atoms with Crippen LogP contribution in [0.5, 0.6) is 11.5 Å². The van der Waals surface area contributed by atoms with Gasteiger partial charge in [-0.05, 0) is 36.2 Å². The first-order valence-electron chi connectivity index (χ1n) is 9.17. The zero-order valence-corrected chi connectivity index (χ0v) is 16.7. The molecule has 0 aliphatic rings. The fourth-order valence-electron chi connectivity index (χ4n) is 2.79. The van der Waals surface area contributed by atoms with Gasteiger partial charge in [-0.3, -0.25) is 10.1 Å². The highest BCUT2D eigenvalue weighted by Gasteiger charge is 2.13. The third kappa shape index (κ3) is 5.62. The molecule has 6 nitrogen and oxygen atoms in total. The van der Waals surface area contributed by atoms with Gasteiger partial charge in [0.05, 0.1) is 16.6 Å². The SMILES string of the molecule is CCOc1cc(CNc2cccc([N+](=O)[O-])c2)cc(Cl)c1OCc1ccccc1. The van der Waals surface area contributed by atoms with Gasteiger partial charge < -0.3 is 14.8 Å². The first-order valence-corrected chi connectivity index (χ1v) is 9.55. The predicted octanol–water partition coefficient (Wildman–Crippen LogP) is 5.84. The largest absolute Gasteiger partial charge is 0.490 e. The Kier molecular flexibility index (Phi) is 6.92. The highest BCUT2D eigenvalue weighted by Crippen LogP contribution is 2.37. The fraction of sp³-hybridized carbons (Fsp3) is 0.182. The van der Waals surface area contributed by atoms with Gasteiger partial charge in [0, 0.05) is 24.4 Å². The van der Waals surface area contributed by atoms with Crippen LogP contribution in [0.25, 0.3) is 0 Å². The number of nitro benzene ring substituents is 1. The summed E-state index contributed by atoms with van der Waals surface area (Å²) >= 11 is 6.46. The molecular formula is C22H21ClN2O4. The van der Waals surface area contributed by atoms with Gasteiger partial charge in [-0.15, -0.1) is 0 Å². The van der Waals surface area contributed by atoms with Gasteiger partial charge in [-0.2, -0.15) is 0 Å². The molecule has 0 saturated heterocycles. The van der Waals surface area contributed by atoms with Crippen molar-refractivity contribution in [1.29, 1.82) is 0 Å². The monoisotopic (exact) mass is 412 g/mol. The molecule has 0 aromatic heterocycles. The molecule has 0 amide bonds. The van der Waals surface area contributed by atoms with E-state index in [1.54, 1.807) is 18.2 Å². The van der Waals surface area contributed by atoms with Crippen molar-refractivity contribution in [3.05, 3.63) is 93.0 Å². The Bertz CT molecular complexity index is 980. The van der Waals surface area contributed by atoms with Gasteiger partial charge in [0.15, 0.2) is 11.5 Å². The third-order valence-electron chi connectivity index (χ3n) is 4.15. The highest BCUT2D eigenvalue weighted by molar-refractivity contribution is 6.32. The standard InChI is InChI=1S/C22H21ClN2O4/c1-2-28-21-12-17(14-24-18-9-6-10-19(13-18)25(26)27)11-20(23)22(21)29-15-16-7-4-3-5-8-16/h3-13,24H,2,14-15H2,1H3. The number of ether oxygens (including phenoxy) is 2. The van der Waals surface area contributed by atoms with E-state index in [2.05, 4.69) is 5.32 Å². The van der Waals surface area contributed by atoms with Gasteiger partial charge in [0.1, 0.15) is 6.61 Å². The number of nitrogens with one attached hydrogen (secondary N) is 1. The van der Waals surface area contributed by atoms with Crippen LogP contribution in [0.15, 0.2) is 66.7 Å². The quantitative estimate of drug-likeness (QED) is 0.353. The highest BCUT2D eigenvalue weighted by atomic mass is 35.5. The number of nitrogens with zero attached hydrogens (tertiary/aromatic N) is 1. The van der Waals surface area contributed by atoms with Crippen molar-refractivity contribution < 1.29 is 14.4 Å². The number of non-ortho nitro benzene ring substituents is 1. The Morgan fingerprint density at radius 1 is 1.00 bits per heavy atom. The van der Waals surface area contributed by atoms with Crippen LogP contribution in [-0.2, 0) is 13.2 Å². The Hall–Kier alpha value is -3.25. The lowest BCUT2D eigenvalue weighted by molar-refractivity contribution is -0.384. The van der Waals surface area contributed by atoms with Crippen LogP contribution in [0.2, 0.25) is 5.02 Å². The maximum absolute atomic E-state index is 10.9. The van der Waals surface area contributed by atoms with E-state index in [0.717, 1.165) is 11.1 Å². The number of benzene rings is 3. The minimum atomic E-state index is -0.423. The van der Waals surface area contributed by atoms with E-state index in [1.165, 1.54) is 12.1 Å². The fourth-order valence-corrected chi connectivity index (χ4v) is 3.08. The summed E-state index contributed by atoms with van der Waals surface area (Å²) in [5.74, 6) is 1.06. The molecule has 0 heterocycles. The number of halogens is 1. The minimum absolute atomic E-state index is 0.0349. The molecule has 0 saturated carbocycles. The topological polar surface area (TPSA) is 73.6 Å². The van der Waals surface area contributed by atoms with Crippen LogP contribution in [0.3, 0.4) is 0 Å². The maximum atomic E-state index is 10.9. The van der Waals surface area contributed by atoms with E-state index in [0.29, 0.717) is 42.0 Å². The molecule has 0 radical (unpaired) electrons. The third-order valence-corrected chi connectivity index (χ3v) is 4.43. The number of hydrogen-bond acceptors (Lipinski definition) is 5. The van der Waals surface area contributed by atoms with Gasteiger partial charge >= 0.3 is 0 Å². The molecule has 1 N–H and O–H groups in total. The summed E-state index contributed by atoms with van der Waals surface area (Å²) < 4.78 is 11.6. The molecule has 7 heteroatoms. The summed E-state index contributed by atoms with van der Waals surface area (Å²) in [7, 11) is 0. The van der Waals surface area contributed by atoms with Gasteiger partial charge in [-0.1, -0.05) is 48.0 Å². The van der Waals surface area contributed by atoms with Crippen molar-refractivity contribution in [2.24, 2.45) is 0 Å². The summed E-state index contributed by atoms with van der Waals surface area (Å²) in [5.41, 5.74) is 2.59. The molecule has 0 unspecified atom stereocenters. The molecule has 0 fully saturated rings.